The van der Waals surface area contributed by atoms with E-state index in [2.05, 4.69) is 55.6 Å². The van der Waals surface area contributed by atoms with E-state index in [4.69, 9.17) is 4.74 Å². The summed E-state index contributed by atoms with van der Waals surface area (Å²) in [6.45, 7) is 4.89. The summed E-state index contributed by atoms with van der Waals surface area (Å²) in [7, 11) is 0. The van der Waals surface area contributed by atoms with E-state index in [1.165, 1.54) is 173 Å². The molecule has 0 aromatic heterocycles. The number of esters is 1. The van der Waals surface area contributed by atoms with Crippen LogP contribution in [-0.4, -0.2) is 47.4 Å². The van der Waals surface area contributed by atoms with Crippen molar-refractivity contribution in [2.45, 2.75) is 289 Å². The third-order valence-corrected chi connectivity index (χ3v) is 12.2. The zero-order valence-corrected chi connectivity index (χ0v) is 40.6. The van der Waals surface area contributed by atoms with Crippen molar-refractivity contribution in [1.29, 1.82) is 0 Å². The minimum Gasteiger partial charge on any atom is -0.466 e. The highest BCUT2D eigenvalue weighted by molar-refractivity contribution is 5.76. The Labute approximate surface area is 379 Å². The molecule has 2 unspecified atom stereocenters. The third-order valence-electron chi connectivity index (χ3n) is 12.2. The van der Waals surface area contributed by atoms with E-state index in [0.717, 1.165) is 70.6 Å². The summed E-state index contributed by atoms with van der Waals surface area (Å²) in [5.41, 5.74) is 0. The number of carbonyl (C=O) groups excluding carboxylic acids is 2. The minimum atomic E-state index is -0.671. The van der Waals surface area contributed by atoms with Gasteiger partial charge in [0.15, 0.2) is 0 Å². The predicted molar refractivity (Wildman–Crippen MR) is 264 cm³/mol. The molecule has 0 fully saturated rings. The Morgan fingerprint density at radius 2 is 0.820 bits per heavy atom. The van der Waals surface area contributed by atoms with Gasteiger partial charge < -0.3 is 20.3 Å². The second-order valence-electron chi connectivity index (χ2n) is 18.2. The number of amides is 1. The standard InChI is InChI=1S/C55H103NO5/c1-3-5-7-9-11-13-15-16-17-23-26-29-33-37-41-45-49-55(60)61-50-46-42-38-34-30-27-24-21-19-18-20-22-25-28-32-36-40-44-48-54(59)56-52(51-57)53(58)47-43-39-35-31-14-12-10-8-6-4-2/h13,15,17,20,22-23,52-53,57-58H,3-12,14,16,18-19,21,24-51H2,1-2H3,(H,56,59)/b15-13-,22-20-,23-17-. The van der Waals surface area contributed by atoms with Gasteiger partial charge in [-0.3, -0.25) is 9.59 Å². The Hall–Kier alpha value is -1.92. The fourth-order valence-corrected chi connectivity index (χ4v) is 8.02. The second kappa shape index (κ2) is 50.7. The number of ether oxygens (including phenoxy) is 1. The van der Waals surface area contributed by atoms with Gasteiger partial charge in [-0.15, -0.1) is 0 Å². The van der Waals surface area contributed by atoms with Crippen LogP contribution in [0.3, 0.4) is 0 Å². The van der Waals surface area contributed by atoms with Crippen LogP contribution in [0.5, 0.6) is 0 Å². The van der Waals surface area contributed by atoms with Gasteiger partial charge in [0.05, 0.1) is 25.4 Å². The molecule has 0 aromatic carbocycles. The van der Waals surface area contributed by atoms with E-state index in [9.17, 15) is 19.8 Å². The first-order valence-corrected chi connectivity index (χ1v) is 26.7. The number of nitrogens with one attached hydrogen (secondary N) is 1. The first-order valence-electron chi connectivity index (χ1n) is 26.7. The van der Waals surface area contributed by atoms with E-state index < -0.39 is 12.1 Å². The molecule has 6 nitrogen and oxygen atoms in total. The van der Waals surface area contributed by atoms with Crippen LogP contribution >= 0.6 is 0 Å². The smallest absolute Gasteiger partial charge is 0.305 e. The van der Waals surface area contributed by atoms with Crippen molar-refractivity contribution in [3.8, 4) is 0 Å². The van der Waals surface area contributed by atoms with Gasteiger partial charge in [0.1, 0.15) is 0 Å². The van der Waals surface area contributed by atoms with Crippen molar-refractivity contribution in [1.82, 2.24) is 5.32 Å². The number of unbranched alkanes of at least 4 members (excludes halogenated alkanes) is 32. The maximum atomic E-state index is 12.4. The van der Waals surface area contributed by atoms with E-state index in [1.54, 1.807) is 0 Å². The van der Waals surface area contributed by atoms with Crippen LogP contribution in [0.1, 0.15) is 277 Å². The first kappa shape index (κ1) is 59.1. The largest absolute Gasteiger partial charge is 0.466 e. The number of aliphatic hydroxyl groups is 2. The summed E-state index contributed by atoms with van der Waals surface area (Å²) >= 11 is 0. The molecule has 0 saturated heterocycles. The fourth-order valence-electron chi connectivity index (χ4n) is 8.02. The molecule has 0 aliphatic rings. The Kier molecular flexibility index (Phi) is 49.1. The molecule has 61 heavy (non-hydrogen) atoms. The monoisotopic (exact) mass is 858 g/mol. The molecule has 358 valence electrons. The SMILES string of the molecule is CCCCCC/C=C\C/C=C\CCCCCCCC(=O)OCCCCCCCCCCC/C=C\CCCCCCCC(=O)NC(CO)C(O)CCCCCCCCCCCC. The lowest BCUT2D eigenvalue weighted by Gasteiger charge is -2.22. The van der Waals surface area contributed by atoms with Crippen LogP contribution in [0, 0.1) is 0 Å². The first-order chi connectivity index (χ1) is 30.0. The zero-order valence-electron chi connectivity index (χ0n) is 40.6. The van der Waals surface area contributed by atoms with Crippen molar-refractivity contribution in [3.63, 3.8) is 0 Å². The molecule has 0 aliphatic heterocycles. The Balaban J connectivity index is 3.44. The van der Waals surface area contributed by atoms with Gasteiger partial charge in [-0.25, -0.2) is 0 Å². The topological polar surface area (TPSA) is 95.9 Å². The zero-order chi connectivity index (χ0) is 44.4. The molecule has 0 aromatic rings. The summed E-state index contributed by atoms with van der Waals surface area (Å²) in [6.07, 6.45) is 61.2. The molecular weight excluding hydrogens is 755 g/mol. The maximum Gasteiger partial charge on any atom is 0.305 e. The van der Waals surface area contributed by atoms with E-state index in [0.29, 0.717) is 25.9 Å². The molecule has 0 heterocycles. The molecule has 0 radical (unpaired) electrons. The number of allylic oxidation sites excluding steroid dienone is 6. The molecule has 0 bridgehead atoms. The quantitative estimate of drug-likeness (QED) is 0.0322. The number of aliphatic hydroxyl groups excluding tert-OH is 2. The van der Waals surface area contributed by atoms with Crippen LogP contribution < -0.4 is 5.32 Å². The average molecular weight is 858 g/mol. The normalized spacial score (nSPS) is 12.9. The molecule has 0 spiro atoms. The van der Waals surface area contributed by atoms with E-state index >= 15 is 0 Å². The molecule has 0 aliphatic carbocycles. The highest BCUT2D eigenvalue weighted by atomic mass is 16.5. The summed E-state index contributed by atoms with van der Waals surface area (Å²) in [5.74, 6) is -0.0632. The van der Waals surface area contributed by atoms with Crippen LogP contribution in [0.25, 0.3) is 0 Å². The highest BCUT2D eigenvalue weighted by Crippen LogP contribution is 2.15. The molecule has 0 saturated carbocycles. The van der Waals surface area contributed by atoms with Gasteiger partial charge >= 0.3 is 5.97 Å². The maximum absolute atomic E-state index is 12.4. The van der Waals surface area contributed by atoms with Crippen LogP contribution in [0.2, 0.25) is 0 Å². The number of hydrogen-bond donors (Lipinski definition) is 3. The molecular formula is C55H103NO5. The van der Waals surface area contributed by atoms with Crippen LogP contribution in [0.15, 0.2) is 36.5 Å². The van der Waals surface area contributed by atoms with Gasteiger partial charge in [-0.05, 0) is 83.5 Å². The fraction of sp³-hybridized carbons (Fsp3) is 0.855. The Morgan fingerprint density at radius 1 is 0.459 bits per heavy atom. The highest BCUT2D eigenvalue weighted by Gasteiger charge is 2.20. The average Bonchev–Trinajstić information content (AvgIpc) is 3.26. The lowest BCUT2D eigenvalue weighted by molar-refractivity contribution is -0.143. The molecule has 1 amide bonds. The molecule has 6 heteroatoms. The van der Waals surface area contributed by atoms with Crippen molar-refractivity contribution >= 4 is 11.9 Å². The van der Waals surface area contributed by atoms with Gasteiger partial charge in [-0.1, -0.05) is 217 Å². The summed E-state index contributed by atoms with van der Waals surface area (Å²) in [6, 6.07) is -0.550. The van der Waals surface area contributed by atoms with Crippen LogP contribution in [0.4, 0.5) is 0 Å². The van der Waals surface area contributed by atoms with Gasteiger partial charge in [0, 0.05) is 12.8 Å². The Bertz CT molecular complexity index is 993. The van der Waals surface area contributed by atoms with Gasteiger partial charge in [0.2, 0.25) is 5.91 Å². The van der Waals surface area contributed by atoms with Crippen molar-refractivity contribution in [2.75, 3.05) is 13.2 Å². The number of rotatable bonds is 49. The molecule has 3 N–H and O–H groups in total. The van der Waals surface area contributed by atoms with Gasteiger partial charge in [0.25, 0.3) is 0 Å². The summed E-state index contributed by atoms with van der Waals surface area (Å²) < 4.78 is 5.46. The second-order valence-corrected chi connectivity index (χ2v) is 18.2. The predicted octanol–water partition coefficient (Wildman–Crippen LogP) is 16.1. The van der Waals surface area contributed by atoms with Crippen molar-refractivity contribution in [3.05, 3.63) is 36.5 Å². The number of carbonyl (C=O) groups is 2. The Morgan fingerprint density at radius 3 is 1.28 bits per heavy atom. The van der Waals surface area contributed by atoms with Crippen molar-refractivity contribution < 1.29 is 24.5 Å². The molecule has 0 rings (SSSR count). The lowest BCUT2D eigenvalue weighted by atomic mass is 10.0. The van der Waals surface area contributed by atoms with Crippen molar-refractivity contribution in [2.24, 2.45) is 0 Å². The number of hydrogen-bond acceptors (Lipinski definition) is 5. The lowest BCUT2D eigenvalue weighted by Crippen LogP contribution is -2.45. The summed E-state index contributed by atoms with van der Waals surface area (Å²) in [4.78, 5) is 24.4. The van der Waals surface area contributed by atoms with E-state index in [1.807, 2.05) is 0 Å². The third kappa shape index (κ3) is 47.4. The molecule has 2 atom stereocenters. The van der Waals surface area contributed by atoms with Gasteiger partial charge in [-0.2, -0.15) is 0 Å². The summed E-state index contributed by atoms with van der Waals surface area (Å²) in [5, 5.41) is 23.1. The van der Waals surface area contributed by atoms with E-state index in [-0.39, 0.29) is 18.5 Å². The minimum absolute atomic E-state index is 0.0111. The van der Waals surface area contributed by atoms with Crippen LogP contribution in [-0.2, 0) is 14.3 Å².